The molecule has 0 fully saturated rings. The highest BCUT2D eigenvalue weighted by Gasteiger charge is 2.09. The highest BCUT2D eigenvalue weighted by atomic mass is 17.5. The van der Waals surface area contributed by atoms with Gasteiger partial charge in [0.1, 0.15) is 0 Å². The van der Waals surface area contributed by atoms with E-state index in [1.54, 1.807) is 0 Å². The molecule has 0 aromatic carbocycles. The summed E-state index contributed by atoms with van der Waals surface area (Å²) in [7, 11) is 0. The van der Waals surface area contributed by atoms with E-state index in [2.05, 4.69) is 34.6 Å². The van der Waals surface area contributed by atoms with Gasteiger partial charge in [0, 0.05) is 16.7 Å². The van der Waals surface area contributed by atoms with Gasteiger partial charge in [-0.1, -0.05) is 19.2 Å². The second-order valence-electron chi connectivity index (χ2n) is 2.14. The number of carbonyl (C=O) groups excluding carboxylic acids is 2. The maximum Gasteiger partial charge on any atom is 0.373 e. The van der Waals surface area contributed by atoms with Crippen LogP contribution in [0.3, 0.4) is 0 Å². The van der Waals surface area contributed by atoms with Crippen molar-refractivity contribution in [1.29, 1.82) is 0 Å². The van der Waals surface area contributed by atoms with Crippen molar-refractivity contribution in [2.75, 3.05) is 0 Å². The van der Waals surface area contributed by atoms with Crippen LogP contribution in [0.2, 0.25) is 0 Å². The summed E-state index contributed by atoms with van der Waals surface area (Å²) in [5, 5.41) is 3.85. The summed E-state index contributed by atoms with van der Waals surface area (Å²) < 4.78 is 0. The van der Waals surface area contributed by atoms with Crippen molar-refractivity contribution in [3.8, 4) is 0 Å². The van der Waals surface area contributed by atoms with E-state index in [9.17, 15) is 9.59 Å². The monoisotopic (exact) mass is 198 g/mol. The Morgan fingerprint density at radius 2 is 1.86 bits per heavy atom. The van der Waals surface area contributed by atoms with Crippen molar-refractivity contribution in [2.45, 2.75) is 6.42 Å². The smallest absolute Gasteiger partial charge is 0.255 e. The van der Waals surface area contributed by atoms with Gasteiger partial charge < -0.3 is 0 Å². The summed E-state index contributed by atoms with van der Waals surface area (Å²) in [5.41, 5.74) is 0.134. The first-order valence-electron chi connectivity index (χ1n) is 3.62. The Kier molecular flexibility index (Phi) is 5.73. The Morgan fingerprint density at radius 3 is 2.36 bits per heavy atom. The van der Waals surface area contributed by atoms with E-state index in [-0.39, 0.29) is 12.0 Å². The number of hydrogen-bond acceptors (Lipinski definition) is 5. The van der Waals surface area contributed by atoms with Crippen molar-refractivity contribution < 1.29 is 24.4 Å². The van der Waals surface area contributed by atoms with E-state index in [0.717, 1.165) is 6.08 Å². The molecular formula is C9H10O5. The molecule has 5 heteroatoms. The van der Waals surface area contributed by atoms with Crippen LogP contribution >= 0.6 is 0 Å². The van der Waals surface area contributed by atoms with Gasteiger partial charge in [-0.2, -0.15) is 0 Å². The minimum Gasteiger partial charge on any atom is -0.255 e. The maximum absolute atomic E-state index is 10.9. The molecule has 5 nitrogen and oxygen atoms in total. The molecule has 0 amide bonds. The van der Waals surface area contributed by atoms with Gasteiger partial charge in [-0.3, -0.25) is 9.78 Å². The molecule has 0 heterocycles. The van der Waals surface area contributed by atoms with Gasteiger partial charge in [-0.05, 0) is 6.42 Å². The van der Waals surface area contributed by atoms with E-state index in [4.69, 9.17) is 0 Å². The van der Waals surface area contributed by atoms with Crippen LogP contribution in [0.15, 0.2) is 37.5 Å². The SMILES string of the molecule is C=CCC(=C)C(=O)OOOC(=O)C=C. The Hall–Kier alpha value is -1.88. The molecule has 0 unspecified atom stereocenters. The van der Waals surface area contributed by atoms with Crippen molar-refractivity contribution >= 4 is 11.9 Å². The lowest BCUT2D eigenvalue weighted by Crippen LogP contribution is -2.10. The van der Waals surface area contributed by atoms with Gasteiger partial charge in [0.2, 0.25) is 0 Å². The number of allylic oxidation sites excluding steroid dienone is 1. The first kappa shape index (κ1) is 12.1. The molecule has 0 saturated heterocycles. The highest BCUT2D eigenvalue weighted by Crippen LogP contribution is 2.01. The van der Waals surface area contributed by atoms with E-state index < -0.39 is 11.9 Å². The molecule has 0 aliphatic carbocycles. The molecule has 0 bridgehead atoms. The predicted molar refractivity (Wildman–Crippen MR) is 47.4 cm³/mol. The Labute approximate surface area is 81.1 Å². The molecule has 0 N–H and O–H groups in total. The van der Waals surface area contributed by atoms with Crippen LogP contribution in [-0.4, -0.2) is 11.9 Å². The average Bonchev–Trinajstić information content (AvgIpc) is 2.17. The van der Waals surface area contributed by atoms with Crippen LogP contribution in [0.4, 0.5) is 0 Å². The standard InChI is InChI=1S/C9H10O5/c1-4-6-7(3)9(11)13-14-12-8(10)5-2/h4-5H,1-3,6H2. The number of carbonyl (C=O) groups is 2. The first-order valence-corrected chi connectivity index (χ1v) is 3.62. The largest absolute Gasteiger partial charge is 0.373 e. The molecular weight excluding hydrogens is 188 g/mol. The van der Waals surface area contributed by atoms with Crippen molar-refractivity contribution in [3.05, 3.63) is 37.5 Å². The normalized spacial score (nSPS) is 8.57. The summed E-state index contributed by atoms with van der Waals surface area (Å²) >= 11 is 0. The van der Waals surface area contributed by atoms with Gasteiger partial charge in [-0.25, -0.2) is 9.59 Å². The lowest BCUT2D eigenvalue weighted by atomic mass is 10.2. The average molecular weight is 198 g/mol. The van der Waals surface area contributed by atoms with Crippen molar-refractivity contribution in [3.63, 3.8) is 0 Å². The summed E-state index contributed by atoms with van der Waals surface area (Å²) in [4.78, 5) is 29.3. The van der Waals surface area contributed by atoms with Crippen LogP contribution in [-0.2, 0) is 24.4 Å². The zero-order chi connectivity index (χ0) is 11.0. The van der Waals surface area contributed by atoms with Gasteiger partial charge >= 0.3 is 11.9 Å². The van der Waals surface area contributed by atoms with Gasteiger partial charge in [-0.15, -0.1) is 6.58 Å². The van der Waals surface area contributed by atoms with E-state index in [1.165, 1.54) is 6.08 Å². The molecule has 0 aromatic rings. The van der Waals surface area contributed by atoms with Crippen LogP contribution in [0.1, 0.15) is 6.42 Å². The van der Waals surface area contributed by atoms with Gasteiger partial charge in [0.15, 0.2) is 0 Å². The molecule has 0 rings (SSSR count). The van der Waals surface area contributed by atoms with E-state index in [1.807, 2.05) is 0 Å². The molecule has 0 aliphatic heterocycles. The van der Waals surface area contributed by atoms with Crippen LogP contribution in [0, 0.1) is 0 Å². The quantitative estimate of drug-likeness (QED) is 0.278. The lowest BCUT2D eigenvalue weighted by Gasteiger charge is -2.00. The predicted octanol–water partition coefficient (Wildman–Crippen LogP) is 1.24. The fourth-order valence-corrected chi connectivity index (χ4v) is 0.432. The molecule has 14 heavy (non-hydrogen) atoms. The minimum atomic E-state index is -0.868. The Bertz CT molecular complexity index is 266. The zero-order valence-electron chi connectivity index (χ0n) is 7.52. The summed E-state index contributed by atoms with van der Waals surface area (Å²) in [5.74, 6) is -1.70. The van der Waals surface area contributed by atoms with E-state index in [0.29, 0.717) is 0 Å². The summed E-state index contributed by atoms with van der Waals surface area (Å²) in [6.07, 6.45) is 2.59. The second kappa shape index (κ2) is 6.62. The summed E-state index contributed by atoms with van der Waals surface area (Å²) in [6, 6.07) is 0. The molecule has 0 atom stereocenters. The summed E-state index contributed by atoms with van der Waals surface area (Å²) in [6.45, 7) is 9.87. The third kappa shape index (κ3) is 4.89. The fourth-order valence-electron chi connectivity index (χ4n) is 0.432. The molecule has 0 radical (unpaired) electrons. The zero-order valence-corrected chi connectivity index (χ0v) is 7.52. The van der Waals surface area contributed by atoms with E-state index >= 15 is 0 Å². The first-order chi connectivity index (χ1) is 6.61. The highest BCUT2D eigenvalue weighted by molar-refractivity contribution is 5.87. The molecule has 0 aliphatic rings. The topological polar surface area (TPSA) is 61.8 Å². The lowest BCUT2D eigenvalue weighted by molar-refractivity contribution is -0.456. The third-order valence-electron chi connectivity index (χ3n) is 1.07. The molecule has 0 aromatic heterocycles. The number of rotatable bonds is 6. The minimum absolute atomic E-state index is 0.134. The second-order valence-corrected chi connectivity index (χ2v) is 2.14. The van der Waals surface area contributed by atoms with Crippen LogP contribution < -0.4 is 0 Å². The number of hydrogen-bond donors (Lipinski definition) is 0. The molecule has 0 spiro atoms. The Morgan fingerprint density at radius 1 is 1.21 bits per heavy atom. The maximum atomic E-state index is 10.9. The molecule has 0 saturated carbocycles. The fraction of sp³-hybridized carbons (Fsp3) is 0.111. The van der Waals surface area contributed by atoms with Crippen molar-refractivity contribution in [2.24, 2.45) is 0 Å². The van der Waals surface area contributed by atoms with Crippen molar-refractivity contribution in [1.82, 2.24) is 0 Å². The van der Waals surface area contributed by atoms with Crippen LogP contribution in [0.25, 0.3) is 0 Å². The molecule has 76 valence electrons. The van der Waals surface area contributed by atoms with Crippen LogP contribution in [0.5, 0.6) is 0 Å². The van der Waals surface area contributed by atoms with Gasteiger partial charge in [0.05, 0.1) is 0 Å². The Balaban J connectivity index is 3.74. The third-order valence-corrected chi connectivity index (χ3v) is 1.07. The van der Waals surface area contributed by atoms with Gasteiger partial charge in [0.25, 0.3) is 0 Å².